The number of carbonyl (C=O) groups excluding carboxylic acids is 1. The van der Waals surface area contributed by atoms with Crippen LogP contribution in [0.15, 0.2) is 85.5 Å². The zero-order valence-corrected chi connectivity index (χ0v) is 23.1. The number of hydrogen-bond acceptors (Lipinski definition) is 8. The lowest BCUT2D eigenvalue weighted by molar-refractivity contribution is -0.145. The van der Waals surface area contributed by atoms with Gasteiger partial charge in [0.05, 0.1) is 23.7 Å². The van der Waals surface area contributed by atoms with E-state index in [1.807, 2.05) is 55.4 Å². The van der Waals surface area contributed by atoms with Crippen LogP contribution < -0.4 is 15.2 Å². The summed E-state index contributed by atoms with van der Waals surface area (Å²) in [4.78, 5) is 32.2. The summed E-state index contributed by atoms with van der Waals surface area (Å²) in [5.41, 5.74) is 2.25. The monoisotopic (exact) mass is 588 g/mol. The third-order valence-electron chi connectivity index (χ3n) is 5.93. The zero-order chi connectivity index (χ0) is 27.5. The Hall–Kier alpha value is -4.44. The fraction of sp³-hybridized carbons (Fsp3) is 0.172. The summed E-state index contributed by atoms with van der Waals surface area (Å²) < 4.78 is 18.9. The number of rotatable bonds is 8. The van der Waals surface area contributed by atoms with Gasteiger partial charge in [-0.15, -0.1) is 0 Å². The first kappa shape index (κ1) is 26.2. The largest absolute Gasteiger partial charge is 0.481 e. The summed E-state index contributed by atoms with van der Waals surface area (Å²) >= 11 is 3.48. The number of anilines is 1. The molecule has 3 aromatic carbocycles. The maximum atomic E-state index is 13.6. The predicted octanol–water partition coefficient (Wildman–Crippen LogP) is 5.46. The molecule has 0 fully saturated rings. The molecule has 0 unspecified atom stereocenters. The molecular formula is C29H25BrN4O5. The Bertz CT molecular complexity index is 1770. The third kappa shape index (κ3) is 5.56. The first-order valence-corrected chi connectivity index (χ1v) is 13.0. The summed E-state index contributed by atoms with van der Waals surface area (Å²) in [5, 5.41) is 5.80. The van der Waals surface area contributed by atoms with Crippen molar-refractivity contribution in [3.05, 3.63) is 87.1 Å². The molecule has 0 radical (unpaired) electrons. The van der Waals surface area contributed by atoms with E-state index < -0.39 is 5.97 Å². The van der Waals surface area contributed by atoms with Crippen LogP contribution in [0.5, 0.6) is 5.75 Å². The number of fused-ring (bicyclic) bond motifs is 2. The van der Waals surface area contributed by atoms with Crippen LogP contribution in [-0.2, 0) is 9.53 Å². The van der Waals surface area contributed by atoms with E-state index in [-0.39, 0.29) is 24.6 Å². The Balaban J connectivity index is 1.62. The quantitative estimate of drug-likeness (QED) is 0.175. The van der Waals surface area contributed by atoms with Crippen LogP contribution >= 0.6 is 15.9 Å². The van der Waals surface area contributed by atoms with Gasteiger partial charge in [-0.25, -0.2) is 9.78 Å². The van der Waals surface area contributed by atoms with E-state index in [4.69, 9.17) is 18.9 Å². The standard InChI is InChI=1S/C29H25BrN4O5/c1-4-37-27(35)17-38-25-15-21(33(2)3)11-9-18(25)16-31-34-28(32-23-8-6-5-7-22(23)29(34)36)26-14-19-13-20(30)10-12-24(19)39-26/h5-16H,4,17H2,1-3H3. The van der Waals surface area contributed by atoms with Crippen molar-refractivity contribution >= 4 is 55.7 Å². The summed E-state index contributed by atoms with van der Waals surface area (Å²) in [5.74, 6) is 0.574. The Labute approximate surface area is 232 Å². The molecule has 2 aromatic heterocycles. The fourth-order valence-electron chi connectivity index (χ4n) is 4.01. The van der Waals surface area contributed by atoms with Crippen molar-refractivity contribution < 1.29 is 18.7 Å². The van der Waals surface area contributed by atoms with Crippen LogP contribution in [-0.4, -0.2) is 49.2 Å². The van der Waals surface area contributed by atoms with Gasteiger partial charge in [0, 0.05) is 41.3 Å². The van der Waals surface area contributed by atoms with E-state index in [1.165, 1.54) is 10.9 Å². The lowest BCUT2D eigenvalue weighted by Crippen LogP contribution is -2.20. The Morgan fingerprint density at radius 3 is 2.74 bits per heavy atom. The van der Waals surface area contributed by atoms with E-state index in [2.05, 4.69) is 21.0 Å². The van der Waals surface area contributed by atoms with Crippen molar-refractivity contribution in [3.8, 4) is 17.3 Å². The molecule has 0 spiro atoms. The van der Waals surface area contributed by atoms with Gasteiger partial charge in [0.15, 0.2) is 12.4 Å². The number of furan rings is 1. The number of halogens is 1. The Morgan fingerprint density at radius 2 is 1.95 bits per heavy atom. The molecule has 0 bridgehead atoms. The first-order chi connectivity index (χ1) is 18.8. The maximum Gasteiger partial charge on any atom is 0.344 e. The lowest BCUT2D eigenvalue weighted by Gasteiger charge is -2.16. The van der Waals surface area contributed by atoms with Gasteiger partial charge >= 0.3 is 5.97 Å². The van der Waals surface area contributed by atoms with E-state index in [0.29, 0.717) is 33.6 Å². The molecule has 0 saturated heterocycles. The average molecular weight is 589 g/mol. The summed E-state index contributed by atoms with van der Waals surface area (Å²) in [6.07, 6.45) is 1.50. The molecule has 39 heavy (non-hydrogen) atoms. The summed E-state index contributed by atoms with van der Waals surface area (Å²) in [7, 11) is 3.80. The molecule has 5 rings (SSSR count). The molecule has 0 aliphatic carbocycles. The van der Waals surface area contributed by atoms with Crippen molar-refractivity contribution in [2.75, 3.05) is 32.2 Å². The molecule has 0 aliphatic rings. The van der Waals surface area contributed by atoms with Gasteiger partial charge in [0.25, 0.3) is 5.56 Å². The number of esters is 1. The van der Waals surface area contributed by atoms with Crippen molar-refractivity contribution in [2.45, 2.75) is 6.92 Å². The smallest absolute Gasteiger partial charge is 0.344 e. The number of benzene rings is 3. The van der Waals surface area contributed by atoms with E-state index in [9.17, 15) is 9.59 Å². The fourth-order valence-corrected chi connectivity index (χ4v) is 4.39. The second kappa shape index (κ2) is 11.1. The van der Waals surface area contributed by atoms with Crippen LogP contribution in [0, 0.1) is 0 Å². The molecule has 9 nitrogen and oxygen atoms in total. The highest BCUT2D eigenvalue weighted by Gasteiger charge is 2.17. The van der Waals surface area contributed by atoms with Crippen LogP contribution in [0.2, 0.25) is 0 Å². The molecule has 0 N–H and O–H groups in total. The highest BCUT2D eigenvalue weighted by molar-refractivity contribution is 9.10. The minimum atomic E-state index is -0.482. The Morgan fingerprint density at radius 1 is 1.13 bits per heavy atom. The van der Waals surface area contributed by atoms with Gasteiger partial charge in [0.2, 0.25) is 5.82 Å². The van der Waals surface area contributed by atoms with Gasteiger partial charge < -0.3 is 18.8 Å². The zero-order valence-electron chi connectivity index (χ0n) is 21.6. The first-order valence-electron chi connectivity index (χ1n) is 12.2. The number of ether oxygens (including phenoxy) is 2. The molecule has 5 aromatic rings. The molecule has 0 atom stereocenters. The lowest BCUT2D eigenvalue weighted by atomic mass is 10.2. The van der Waals surface area contributed by atoms with Crippen LogP contribution in [0.25, 0.3) is 33.5 Å². The molecular weight excluding hydrogens is 564 g/mol. The van der Waals surface area contributed by atoms with E-state index in [0.717, 1.165) is 15.5 Å². The minimum Gasteiger partial charge on any atom is -0.481 e. The van der Waals surface area contributed by atoms with Crippen molar-refractivity contribution in [3.63, 3.8) is 0 Å². The van der Waals surface area contributed by atoms with Crippen molar-refractivity contribution in [1.82, 2.24) is 9.66 Å². The molecule has 10 heteroatoms. The van der Waals surface area contributed by atoms with Gasteiger partial charge in [-0.2, -0.15) is 9.78 Å². The minimum absolute atomic E-state index is 0.251. The number of para-hydroxylation sites is 1. The summed E-state index contributed by atoms with van der Waals surface area (Å²) in [6.45, 7) is 1.73. The maximum absolute atomic E-state index is 13.6. The second-order valence-corrected chi connectivity index (χ2v) is 9.73. The molecule has 0 aliphatic heterocycles. The number of carbonyl (C=O) groups is 1. The average Bonchev–Trinajstić information content (AvgIpc) is 3.34. The van der Waals surface area contributed by atoms with Crippen LogP contribution in [0.1, 0.15) is 12.5 Å². The van der Waals surface area contributed by atoms with Gasteiger partial charge in [-0.05, 0) is 55.5 Å². The number of aromatic nitrogens is 2. The topological polar surface area (TPSA) is 99.2 Å². The third-order valence-corrected chi connectivity index (χ3v) is 6.42. The van der Waals surface area contributed by atoms with Gasteiger partial charge in [0.1, 0.15) is 11.3 Å². The predicted molar refractivity (Wildman–Crippen MR) is 155 cm³/mol. The highest BCUT2D eigenvalue weighted by atomic mass is 79.9. The molecule has 0 saturated carbocycles. The van der Waals surface area contributed by atoms with Crippen molar-refractivity contribution in [1.29, 1.82) is 0 Å². The normalized spacial score (nSPS) is 11.4. The summed E-state index contributed by atoms with van der Waals surface area (Å²) in [6, 6.07) is 20.0. The van der Waals surface area contributed by atoms with Crippen molar-refractivity contribution in [2.24, 2.45) is 5.10 Å². The SMILES string of the molecule is CCOC(=O)COc1cc(N(C)C)ccc1C=Nn1c(-c2cc3cc(Br)ccc3o2)nc2ccccc2c1=O. The molecule has 2 heterocycles. The van der Waals surface area contributed by atoms with Crippen LogP contribution in [0.3, 0.4) is 0 Å². The van der Waals surface area contributed by atoms with Crippen LogP contribution in [0.4, 0.5) is 5.69 Å². The van der Waals surface area contributed by atoms with E-state index in [1.54, 1.807) is 37.3 Å². The second-order valence-electron chi connectivity index (χ2n) is 8.82. The van der Waals surface area contributed by atoms with Gasteiger partial charge in [-0.1, -0.05) is 28.1 Å². The molecule has 0 amide bonds. The number of hydrogen-bond donors (Lipinski definition) is 0. The van der Waals surface area contributed by atoms with E-state index >= 15 is 0 Å². The number of nitrogens with zero attached hydrogens (tertiary/aromatic N) is 4. The van der Waals surface area contributed by atoms with Gasteiger partial charge in [-0.3, -0.25) is 4.79 Å². The Kier molecular flexibility index (Phi) is 7.47. The molecule has 198 valence electrons. The highest BCUT2D eigenvalue weighted by Crippen LogP contribution is 2.29.